The van der Waals surface area contributed by atoms with Crippen LogP contribution in [0.1, 0.15) is 60.4 Å². The van der Waals surface area contributed by atoms with Crippen LogP contribution >= 0.6 is 11.3 Å². The molecule has 0 N–H and O–H groups in total. The summed E-state index contributed by atoms with van der Waals surface area (Å²) in [5.74, 6) is 1.74. The summed E-state index contributed by atoms with van der Waals surface area (Å²) in [6, 6.07) is 3.73. The number of imidazole rings is 1. The number of ether oxygens (including phenoxy) is 2. The number of carbonyl (C=O) groups excluding carboxylic acids is 2. The summed E-state index contributed by atoms with van der Waals surface area (Å²) in [6.07, 6.45) is 7.18. The topological polar surface area (TPSA) is 73.7 Å². The molecular formula is C23H33N3O4S. The first-order valence-corrected chi connectivity index (χ1v) is 12.1. The van der Waals surface area contributed by atoms with Crippen molar-refractivity contribution in [3.63, 3.8) is 0 Å². The van der Waals surface area contributed by atoms with E-state index in [4.69, 9.17) is 9.47 Å². The van der Waals surface area contributed by atoms with E-state index in [2.05, 4.69) is 9.55 Å². The van der Waals surface area contributed by atoms with Gasteiger partial charge in [0.05, 0.1) is 24.7 Å². The number of amides is 1. The minimum atomic E-state index is 0.134. The maximum Gasteiger partial charge on any atom is 0.222 e. The van der Waals surface area contributed by atoms with E-state index in [1.165, 1.54) is 11.3 Å². The van der Waals surface area contributed by atoms with Gasteiger partial charge in [-0.05, 0) is 37.6 Å². The standard InChI is InChI=1S/C23H33N3O4S/c1-2-29-16-17-30-15-14-26-13-10-24-23(26)19-8-11-25(12-9-19)22(28)7-3-5-20(27)21-6-4-18-31-21/h4,6,10,13,18-19H,2-3,5,7-9,11-12,14-17H2,1H3. The molecule has 0 aliphatic carbocycles. The van der Waals surface area contributed by atoms with Gasteiger partial charge in [-0.15, -0.1) is 11.3 Å². The predicted molar refractivity (Wildman–Crippen MR) is 121 cm³/mol. The first-order valence-electron chi connectivity index (χ1n) is 11.2. The van der Waals surface area contributed by atoms with Crippen LogP contribution in [-0.2, 0) is 20.8 Å². The lowest BCUT2D eigenvalue weighted by atomic mass is 9.95. The summed E-state index contributed by atoms with van der Waals surface area (Å²) >= 11 is 1.46. The second-order valence-corrected chi connectivity index (χ2v) is 8.64. The normalized spacial score (nSPS) is 14.8. The Morgan fingerprint density at radius 2 is 1.97 bits per heavy atom. The van der Waals surface area contributed by atoms with E-state index in [1.807, 2.05) is 41.7 Å². The maximum absolute atomic E-state index is 12.5. The largest absolute Gasteiger partial charge is 0.379 e. The molecule has 3 rings (SSSR count). The number of piperidine rings is 1. The van der Waals surface area contributed by atoms with E-state index >= 15 is 0 Å². The molecule has 0 aromatic carbocycles. The highest BCUT2D eigenvalue weighted by Crippen LogP contribution is 2.27. The summed E-state index contributed by atoms with van der Waals surface area (Å²) < 4.78 is 13.1. The minimum absolute atomic E-state index is 0.134. The lowest BCUT2D eigenvalue weighted by Gasteiger charge is -2.32. The SMILES string of the molecule is CCOCCOCCn1ccnc1C1CCN(C(=O)CCCC(=O)c2cccs2)CC1. The fraction of sp³-hybridized carbons (Fsp3) is 0.609. The minimum Gasteiger partial charge on any atom is -0.379 e. The van der Waals surface area contributed by atoms with Gasteiger partial charge in [-0.2, -0.15) is 0 Å². The highest BCUT2D eigenvalue weighted by Gasteiger charge is 2.26. The van der Waals surface area contributed by atoms with Gasteiger partial charge in [0.2, 0.25) is 5.91 Å². The second kappa shape index (κ2) is 12.7. The number of carbonyl (C=O) groups is 2. The molecule has 2 aromatic heterocycles. The third-order valence-electron chi connectivity index (χ3n) is 5.60. The average molecular weight is 448 g/mol. The van der Waals surface area contributed by atoms with Crippen molar-refractivity contribution in [3.8, 4) is 0 Å². The van der Waals surface area contributed by atoms with Crippen molar-refractivity contribution < 1.29 is 19.1 Å². The third-order valence-corrected chi connectivity index (χ3v) is 6.51. The van der Waals surface area contributed by atoms with Gasteiger partial charge in [-0.3, -0.25) is 9.59 Å². The van der Waals surface area contributed by atoms with Crippen LogP contribution in [-0.4, -0.2) is 65.7 Å². The van der Waals surface area contributed by atoms with Gasteiger partial charge < -0.3 is 18.9 Å². The number of nitrogens with zero attached hydrogens (tertiary/aromatic N) is 3. The van der Waals surface area contributed by atoms with Crippen molar-refractivity contribution in [1.29, 1.82) is 0 Å². The summed E-state index contributed by atoms with van der Waals surface area (Å²) in [7, 11) is 0. The third kappa shape index (κ3) is 7.26. The lowest BCUT2D eigenvalue weighted by Crippen LogP contribution is -2.38. The molecule has 31 heavy (non-hydrogen) atoms. The molecule has 1 fully saturated rings. The summed E-state index contributed by atoms with van der Waals surface area (Å²) in [5.41, 5.74) is 0. The number of Topliss-reactive ketones (excluding diaryl/α,β-unsaturated/α-hetero) is 1. The summed E-state index contributed by atoms with van der Waals surface area (Å²) in [4.78, 5) is 31.9. The monoisotopic (exact) mass is 447 g/mol. The Bertz CT molecular complexity index is 798. The van der Waals surface area contributed by atoms with Crippen LogP contribution in [0.25, 0.3) is 0 Å². The molecule has 2 aromatic rings. The molecule has 1 saturated heterocycles. The molecule has 1 aliphatic rings. The quantitative estimate of drug-likeness (QED) is 0.345. The molecule has 1 amide bonds. The van der Waals surface area contributed by atoms with Crippen LogP contribution in [0.2, 0.25) is 0 Å². The second-order valence-electron chi connectivity index (χ2n) is 7.70. The molecule has 0 unspecified atom stereocenters. The number of hydrogen-bond donors (Lipinski definition) is 0. The molecular weight excluding hydrogens is 414 g/mol. The first kappa shape index (κ1) is 23.6. The van der Waals surface area contributed by atoms with Crippen LogP contribution < -0.4 is 0 Å². The Hall–Kier alpha value is -2.03. The van der Waals surface area contributed by atoms with Crippen molar-refractivity contribution >= 4 is 23.0 Å². The van der Waals surface area contributed by atoms with Gasteiger partial charge in [0.1, 0.15) is 5.82 Å². The van der Waals surface area contributed by atoms with E-state index in [1.54, 1.807) is 0 Å². The van der Waals surface area contributed by atoms with Gasteiger partial charge >= 0.3 is 0 Å². The molecule has 8 heteroatoms. The van der Waals surface area contributed by atoms with Gasteiger partial charge in [0.15, 0.2) is 5.78 Å². The van der Waals surface area contributed by atoms with E-state index in [0.717, 1.165) is 43.2 Å². The smallest absolute Gasteiger partial charge is 0.222 e. The first-order chi connectivity index (χ1) is 15.2. The fourth-order valence-electron chi connectivity index (χ4n) is 3.90. The molecule has 3 heterocycles. The van der Waals surface area contributed by atoms with Crippen molar-refractivity contribution in [1.82, 2.24) is 14.5 Å². The van der Waals surface area contributed by atoms with Gasteiger partial charge in [0.25, 0.3) is 0 Å². The number of ketones is 1. The van der Waals surface area contributed by atoms with E-state index in [0.29, 0.717) is 51.6 Å². The van der Waals surface area contributed by atoms with Gasteiger partial charge in [-0.1, -0.05) is 6.07 Å². The van der Waals surface area contributed by atoms with E-state index in [9.17, 15) is 9.59 Å². The molecule has 0 atom stereocenters. The Labute approximate surface area is 188 Å². The van der Waals surface area contributed by atoms with Crippen molar-refractivity contribution in [2.75, 3.05) is 39.5 Å². The number of rotatable bonds is 13. The molecule has 0 bridgehead atoms. The number of likely N-dealkylation sites (tertiary alicyclic amines) is 1. The van der Waals surface area contributed by atoms with Crippen LogP contribution in [0.3, 0.4) is 0 Å². The van der Waals surface area contributed by atoms with Crippen LogP contribution in [0.5, 0.6) is 0 Å². The number of hydrogen-bond acceptors (Lipinski definition) is 6. The molecule has 0 radical (unpaired) electrons. The summed E-state index contributed by atoms with van der Waals surface area (Å²) in [6.45, 7) is 6.84. The highest BCUT2D eigenvalue weighted by molar-refractivity contribution is 7.12. The Balaban J connectivity index is 1.36. The molecule has 1 aliphatic heterocycles. The lowest BCUT2D eigenvalue weighted by molar-refractivity contribution is -0.132. The summed E-state index contributed by atoms with van der Waals surface area (Å²) in [5, 5.41) is 1.91. The van der Waals surface area contributed by atoms with Crippen LogP contribution in [0, 0.1) is 0 Å². The molecule has 0 spiro atoms. The average Bonchev–Trinajstić information content (AvgIpc) is 3.48. The zero-order valence-corrected chi connectivity index (χ0v) is 19.1. The Morgan fingerprint density at radius 1 is 1.16 bits per heavy atom. The zero-order chi connectivity index (χ0) is 21.9. The van der Waals surface area contributed by atoms with E-state index in [-0.39, 0.29) is 11.7 Å². The van der Waals surface area contributed by atoms with Crippen LogP contribution in [0.4, 0.5) is 0 Å². The van der Waals surface area contributed by atoms with E-state index < -0.39 is 0 Å². The molecule has 7 nitrogen and oxygen atoms in total. The van der Waals surface area contributed by atoms with Crippen molar-refractivity contribution in [2.45, 2.75) is 51.5 Å². The van der Waals surface area contributed by atoms with Crippen molar-refractivity contribution in [3.05, 3.63) is 40.6 Å². The van der Waals surface area contributed by atoms with Gasteiger partial charge in [0, 0.05) is 57.4 Å². The fourth-order valence-corrected chi connectivity index (χ4v) is 4.60. The Morgan fingerprint density at radius 3 is 2.71 bits per heavy atom. The number of aromatic nitrogens is 2. The zero-order valence-electron chi connectivity index (χ0n) is 18.3. The molecule has 170 valence electrons. The van der Waals surface area contributed by atoms with Crippen LogP contribution in [0.15, 0.2) is 29.9 Å². The Kier molecular flexibility index (Phi) is 9.71. The predicted octanol–water partition coefficient (Wildman–Crippen LogP) is 3.76. The highest BCUT2D eigenvalue weighted by atomic mass is 32.1. The van der Waals surface area contributed by atoms with Crippen molar-refractivity contribution in [2.24, 2.45) is 0 Å². The maximum atomic E-state index is 12.5. The number of thiophene rings is 1. The molecule has 0 saturated carbocycles. The van der Waals surface area contributed by atoms with Gasteiger partial charge in [-0.25, -0.2) is 4.98 Å².